The predicted octanol–water partition coefficient (Wildman–Crippen LogP) is 2.00. The molecule has 1 aliphatic carbocycles. The summed E-state index contributed by atoms with van der Waals surface area (Å²) in [6, 6.07) is 5.30. The monoisotopic (exact) mass is 346 g/mol. The van der Waals surface area contributed by atoms with E-state index in [9.17, 15) is 17.2 Å². The van der Waals surface area contributed by atoms with Crippen molar-refractivity contribution in [2.75, 3.05) is 13.1 Å². The molecule has 128 valence electrons. The minimum atomic E-state index is -3.68. The average Bonchev–Trinajstić information content (AvgIpc) is 2.48. The second kappa shape index (κ2) is 6.70. The first-order chi connectivity index (χ1) is 10.9. The van der Waals surface area contributed by atoms with Crippen molar-refractivity contribution in [3.8, 4) is 5.75 Å². The number of halogens is 2. The molecule has 1 N–H and O–H groups in total. The first-order valence-corrected chi connectivity index (χ1v) is 9.22. The molecule has 2 atom stereocenters. The van der Waals surface area contributed by atoms with Gasteiger partial charge in [0.05, 0.1) is 6.04 Å². The number of nitrogens with zero attached hydrogens (tertiary/aromatic N) is 1. The molecule has 1 heterocycles. The van der Waals surface area contributed by atoms with Crippen molar-refractivity contribution in [1.29, 1.82) is 0 Å². The van der Waals surface area contributed by atoms with Crippen LogP contribution in [0.1, 0.15) is 25.7 Å². The smallest absolute Gasteiger partial charge is 0.280 e. The lowest BCUT2D eigenvalue weighted by molar-refractivity contribution is 0.115. The number of ether oxygens (including phenoxy) is 1. The predicted molar refractivity (Wildman–Crippen MR) is 81.6 cm³/mol. The molecular formula is C15H20F2N2O3S. The van der Waals surface area contributed by atoms with Gasteiger partial charge in [-0.05, 0) is 43.5 Å². The van der Waals surface area contributed by atoms with Gasteiger partial charge in [-0.1, -0.05) is 6.42 Å². The van der Waals surface area contributed by atoms with E-state index in [0.717, 1.165) is 23.6 Å². The van der Waals surface area contributed by atoms with E-state index < -0.39 is 16.4 Å². The SMILES string of the molecule is O=S(=O)(NC1CCCCC1Oc1ccc(F)cc1)N1CC(F)C1. The number of hydrogen-bond acceptors (Lipinski definition) is 3. The lowest BCUT2D eigenvalue weighted by atomic mass is 9.93. The molecule has 0 aromatic heterocycles. The summed E-state index contributed by atoms with van der Waals surface area (Å²) in [5, 5.41) is 0. The molecule has 1 aromatic rings. The quantitative estimate of drug-likeness (QED) is 0.887. The first-order valence-electron chi connectivity index (χ1n) is 7.78. The largest absolute Gasteiger partial charge is 0.489 e. The molecule has 1 aromatic carbocycles. The van der Waals surface area contributed by atoms with Crippen LogP contribution in [-0.2, 0) is 10.2 Å². The van der Waals surface area contributed by atoms with Gasteiger partial charge >= 0.3 is 0 Å². The highest BCUT2D eigenvalue weighted by molar-refractivity contribution is 7.87. The Kier molecular flexibility index (Phi) is 4.84. The van der Waals surface area contributed by atoms with E-state index in [2.05, 4.69) is 4.72 Å². The zero-order chi connectivity index (χ0) is 16.4. The van der Waals surface area contributed by atoms with Gasteiger partial charge in [-0.15, -0.1) is 0 Å². The lowest BCUT2D eigenvalue weighted by Gasteiger charge is -2.37. The highest BCUT2D eigenvalue weighted by Gasteiger charge is 2.39. The summed E-state index contributed by atoms with van der Waals surface area (Å²) in [7, 11) is -3.68. The summed E-state index contributed by atoms with van der Waals surface area (Å²) in [6.45, 7) is -0.183. The van der Waals surface area contributed by atoms with Crippen molar-refractivity contribution in [1.82, 2.24) is 9.03 Å². The normalized spacial score (nSPS) is 26.7. The Labute approximate surface area is 134 Å². The summed E-state index contributed by atoms with van der Waals surface area (Å²) in [6.07, 6.45) is 1.84. The van der Waals surface area contributed by atoms with E-state index in [4.69, 9.17) is 4.74 Å². The Morgan fingerprint density at radius 3 is 2.43 bits per heavy atom. The van der Waals surface area contributed by atoms with Gasteiger partial charge in [-0.3, -0.25) is 0 Å². The first kappa shape index (κ1) is 16.6. The van der Waals surface area contributed by atoms with Crippen LogP contribution in [-0.4, -0.2) is 44.1 Å². The molecule has 0 amide bonds. The van der Waals surface area contributed by atoms with Crippen LogP contribution in [0.5, 0.6) is 5.75 Å². The van der Waals surface area contributed by atoms with Gasteiger partial charge in [0.25, 0.3) is 10.2 Å². The summed E-state index contributed by atoms with van der Waals surface area (Å²) >= 11 is 0. The standard InChI is InChI=1S/C15H20F2N2O3S/c16-11-5-7-13(8-6-11)22-15-4-2-1-3-14(15)18-23(20,21)19-9-12(17)10-19/h5-8,12,14-15,18H,1-4,9-10H2. The zero-order valence-electron chi connectivity index (χ0n) is 12.6. The molecule has 1 aliphatic heterocycles. The van der Waals surface area contributed by atoms with Crippen molar-refractivity contribution >= 4 is 10.2 Å². The Morgan fingerprint density at radius 1 is 1.13 bits per heavy atom. The maximum Gasteiger partial charge on any atom is 0.280 e. The number of nitrogens with one attached hydrogen (secondary N) is 1. The van der Waals surface area contributed by atoms with Gasteiger partial charge in [0.1, 0.15) is 23.8 Å². The van der Waals surface area contributed by atoms with E-state index in [-0.39, 0.29) is 31.1 Å². The van der Waals surface area contributed by atoms with E-state index in [1.165, 1.54) is 24.3 Å². The summed E-state index contributed by atoms with van der Waals surface area (Å²) in [4.78, 5) is 0. The fourth-order valence-corrected chi connectivity index (χ4v) is 4.43. The molecular weight excluding hydrogens is 326 g/mol. The summed E-state index contributed by atoms with van der Waals surface area (Å²) in [5.41, 5.74) is 0. The van der Waals surface area contributed by atoms with Crippen molar-refractivity contribution in [3.63, 3.8) is 0 Å². The van der Waals surface area contributed by atoms with Crippen LogP contribution in [0.15, 0.2) is 24.3 Å². The Hall–Kier alpha value is -1.25. The number of hydrogen-bond donors (Lipinski definition) is 1. The fourth-order valence-electron chi connectivity index (χ4n) is 2.91. The van der Waals surface area contributed by atoms with Crippen molar-refractivity contribution < 1.29 is 21.9 Å². The van der Waals surface area contributed by atoms with Crippen LogP contribution < -0.4 is 9.46 Å². The molecule has 1 saturated carbocycles. The van der Waals surface area contributed by atoms with Gasteiger partial charge in [0.15, 0.2) is 0 Å². The molecule has 0 bridgehead atoms. The molecule has 23 heavy (non-hydrogen) atoms. The topological polar surface area (TPSA) is 58.6 Å². The maximum absolute atomic E-state index is 12.9. The average molecular weight is 346 g/mol. The summed E-state index contributed by atoms with van der Waals surface area (Å²) in [5.74, 6) is 0.159. The lowest BCUT2D eigenvalue weighted by Crippen LogP contribution is -2.59. The van der Waals surface area contributed by atoms with Gasteiger partial charge in [-0.2, -0.15) is 17.4 Å². The molecule has 2 fully saturated rings. The molecule has 1 saturated heterocycles. The van der Waals surface area contributed by atoms with Crippen LogP contribution in [0.4, 0.5) is 8.78 Å². The van der Waals surface area contributed by atoms with Gasteiger partial charge in [-0.25, -0.2) is 8.78 Å². The second-order valence-electron chi connectivity index (χ2n) is 6.04. The number of rotatable bonds is 5. The highest BCUT2D eigenvalue weighted by Crippen LogP contribution is 2.26. The van der Waals surface area contributed by atoms with Gasteiger partial charge in [0, 0.05) is 13.1 Å². The third-order valence-electron chi connectivity index (χ3n) is 4.25. The second-order valence-corrected chi connectivity index (χ2v) is 7.74. The minimum Gasteiger partial charge on any atom is -0.489 e. The zero-order valence-corrected chi connectivity index (χ0v) is 13.4. The van der Waals surface area contributed by atoms with E-state index in [1.807, 2.05) is 0 Å². The molecule has 3 rings (SSSR count). The highest BCUT2D eigenvalue weighted by atomic mass is 32.2. The molecule has 2 aliphatic rings. The molecule has 0 radical (unpaired) electrons. The fraction of sp³-hybridized carbons (Fsp3) is 0.600. The molecule has 2 unspecified atom stereocenters. The Morgan fingerprint density at radius 2 is 1.78 bits per heavy atom. The van der Waals surface area contributed by atoms with Crippen molar-refractivity contribution in [3.05, 3.63) is 30.1 Å². The molecule has 0 spiro atoms. The van der Waals surface area contributed by atoms with Crippen LogP contribution in [0, 0.1) is 5.82 Å². The Bertz CT molecular complexity index is 633. The third-order valence-corrected chi connectivity index (χ3v) is 5.83. The minimum absolute atomic E-state index is 0.0917. The van der Waals surface area contributed by atoms with E-state index in [0.29, 0.717) is 12.2 Å². The van der Waals surface area contributed by atoms with Gasteiger partial charge < -0.3 is 4.74 Å². The molecule has 5 nitrogen and oxygen atoms in total. The number of benzene rings is 1. The van der Waals surface area contributed by atoms with E-state index in [1.54, 1.807) is 0 Å². The third kappa shape index (κ3) is 3.99. The summed E-state index contributed by atoms with van der Waals surface area (Å²) < 4.78 is 59.8. The molecule has 8 heteroatoms. The van der Waals surface area contributed by atoms with Crippen molar-refractivity contribution in [2.24, 2.45) is 0 Å². The van der Waals surface area contributed by atoms with Crippen LogP contribution in [0.3, 0.4) is 0 Å². The van der Waals surface area contributed by atoms with Crippen LogP contribution >= 0.6 is 0 Å². The van der Waals surface area contributed by atoms with Crippen LogP contribution in [0.2, 0.25) is 0 Å². The number of alkyl halides is 1. The Balaban J connectivity index is 1.65. The van der Waals surface area contributed by atoms with Crippen molar-refractivity contribution in [2.45, 2.75) is 44.0 Å². The maximum atomic E-state index is 12.9. The van der Waals surface area contributed by atoms with E-state index >= 15 is 0 Å². The van der Waals surface area contributed by atoms with Gasteiger partial charge in [0.2, 0.25) is 0 Å². The van der Waals surface area contributed by atoms with Crippen LogP contribution in [0.25, 0.3) is 0 Å².